The van der Waals surface area contributed by atoms with E-state index in [0.29, 0.717) is 13.0 Å². The number of nitro groups is 1. The van der Waals surface area contributed by atoms with Crippen molar-refractivity contribution in [3.63, 3.8) is 0 Å². The highest BCUT2D eigenvalue weighted by atomic mass is 16.6. The van der Waals surface area contributed by atoms with E-state index >= 15 is 0 Å². The molecule has 114 valence electrons. The van der Waals surface area contributed by atoms with Crippen LogP contribution in [0.4, 0.5) is 5.69 Å². The van der Waals surface area contributed by atoms with E-state index in [9.17, 15) is 14.9 Å². The minimum atomic E-state index is -0.858. The first-order valence-electron chi connectivity index (χ1n) is 7.27. The van der Waals surface area contributed by atoms with Crippen LogP contribution in [0.3, 0.4) is 0 Å². The van der Waals surface area contributed by atoms with E-state index in [-0.39, 0.29) is 11.7 Å². The summed E-state index contributed by atoms with van der Waals surface area (Å²) in [6, 6.07) is 6.13. The number of unbranched alkanes of at least 4 members (excludes halogenated alkanes) is 1. The summed E-state index contributed by atoms with van der Waals surface area (Å²) in [5.41, 5.74) is -0.110. The largest absolute Gasteiger partial charge is 0.464 e. The van der Waals surface area contributed by atoms with E-state index in [1.807, 2.05) is 6.92 Å². The van der Waals surface area contributed by atoms with Crippen LogP contribution >= 0.6 is 0 Å². The van der Waals surface area contributed by atoms with E-state index in [4.69, 9.17) is 4.74 Å². The molecule has 0 saturated carbocycles. The number of non-ortho nitro benzene ring substituents is 1. The standard InChI is InChI=1S/C15H20N2O4/c1-2-3-11-21-14(18)15(9-4-10-16-15)12-5-7-13(8-6-12)17(19)20/h5-8,16H,2-4,9-11H2,1H3. The van der Waals surface area contributed by atoms with Crippen LogP contribution in [0.5, 0.6) is 0 Å². The number of benzene rings is 1. The second kappa shape index (κ2) is 6.67. The van der Waals surface area contributed by atoms with Crippen molar-refractivity contribution in [1.29, 1.82) is 0 Å². The van der Waals surface area contributed by atoms with Crippen LogP contribution in [-0.2, 0) is 15.1 Å². The first kappa shape index (κ1) is 15.4. The van der Waals surface area contributed by atoms with E-state index in [0.717, 1.165) is 31.4 Å². The highest BCUT2D eigenvalue weighted by Gasteiger charge is 2.44. The molecule has 1 unspecified atom stereocenters. The van der Waals surface area contributed by atoms with Gasteiger partial charge in [-0.3, -0.25) is 15.4 Å². The third-order valence-corrected chi connectivity index (χ3v) is 3.81. The third kappa shape index (κ3) is 3.21. The van der Waals surface area contributed by atoms with Gasteiger partial charge in [0.1, 0.15) is 5.54 Å². The second-order valence-corrected chi connectivity index (χ2v) is 5.23. The smallest absolute Gasteiger partial charge is 0.330 e. The number of esters is 1. The molecule has 0 spiro atoms. The molecule has 1 aromatic rings. The SMILES string of the molecule is CCCCOC(=O)C1(c2ccc([N+](=O)[O-])cc2)CCCN1. The van der Waals surface area contributed by atoms with Gasteiger partial charge in [-0.2, -0.15) is 0 Å². The Morgan fingerprint density at radius 2 is 2.14 bits per heavy atom. The Balaban J connectivity index is 2.21. The van der Waals surface area contributed by atoms with Gasteiger partial charge < -0.3 is 4.74 Å². The van der Waals surface area contributed by atoms with E-state index in [2.05, 4.69) is 5.32 Å². The lowest BCUT2D eigenvalue weighted by Crippen LogP contribution is -2.45. The lowest BCUT2D eigenvalue weighted by Gasteiger charge is -2.27. The predicted molar refractivity (Wildman–Crippen MR) is 77.9 cm³/mol. The van der Waals surface area contributed by atoms with E-state index in [1.54, 1.807) is 12.1 Å². The van der Waals surface area contributed by atoms with Gasteiger partial charge in [-0.25, -0.2) is 4.79 Å². The van der Waals surface area contributed by atoms with Crippen LogP contribution in [0.25, 0.3) is 0 Å². The summed E-state index contributed by atoms with van der Waals surface area (Å²) in [5, 5.41) is 13.9. The number of nitrogens with zero attached hydrogens (tertiary/aromatic N) is 1. The highest BCUT2D eigenvalue weighted by molar-refractivity contribution is 5.83. The molecule has 6 nitrogen and oxygen atoms in total. The molecule has 1 atom stereocenters. The van der Waals surface area contributed by atoms with Crippen molar-refractivity contribution < 1.29 is 14.5 Å². The van der Waals surface area contributed by atoms with E-state index in [1.165, 1.54) is 12.1 Å². The number of nitro benzene ring substituents is 1. The maximum absolute atomic E-state index is 12.4. The van der Waals surface area contributed by atoms with Crippen molar-refractivity contribution in [3.05, 3.63) is 39.9 Å². The molecule has 1 aliphatic rings. The molecule has 0 aromatic heterocycles. The van der Waals surface area contributed by atoms with Crippen molar-refractivity contribution in [3.8, 4) is 0 Å². The molecule has 1 fully saturated rings. The Kier molecular flexibility index (Phi) is 4.90. The van der Waals surface area contributed by atoms with Gasteiger partial charge in [0.2, 0.25) is 0 Å². The van der Waals surface area contributed by atoms with Crippen LogP contribution in [0.2, 0.25) is 0 Å². The van der Waals surface area contributed by atoms with Gasteiger partial charge in [0, 0.05) is 12.1 Å². The molecular formula is C15H20N2O4. The average Bonchev–Trinajstić information content (AvgIpc) is 2.98. The van der Waals surface area contributed by atoms with Gasteiger partial charge in [0.05, 0.1) is 11.5 Å². The summed E-state index contributed by atoms with van der Waals surface area (Å²) in [7, 11) is 0. The zero-order valence-corrected chi connectivity index (χ0v) is 12.1. The minimum Gasteiger partial charge on any atom is -0.464 e. The van der Waals surface area contributed by atoms with Crippen molar-refractivity contribution in [2.45, 2.75) is 38.1 Å². The van der Waals surface area contributed by atoms with Crippen LogP contribution < -0.4 is 5.32 Å². The molecule has 1 saturated heterocycles. The summed E-state index contributed by atoms with van der Waals surface area (Å²) < 4.78 is 5.37. The normalized spacial score (nSPS) is 21.2. The topological polar surface area (TPSA) is 81.5 Å². The summed E-state index contributed by atoms with van der Waals surface area (Å²) in [4.78, 5) is 22.7. The van der Waals surface area contributed by atoms with Crippen LogP contribution in [0.15, 0.2) is 24.3 Å². The lowest BCUT2D eigenvalue weighted by molar-refractivity contribution is -0.384. The first-order valence-corrected chi connectivity index (χ1v) is 7.27. The molecule has 21 heavy (non-hydrogen) atoms. The molecule has 1 aliphatic heterocycles. The van der Waals surface area contributed by atoms with Gasteiger partial charge in [0.25, 0.3) is 5.69 Å². The quantitative estimate of drug-likeness (QED) is 0.377. The van der Waals surface area contributed by atoms with Crippen molar-refractivity contribution in [1.82, 2.24) is 5.32 Å². The molecule has 0 amide bonds. The molecule has 6 heteroatoms. The fourth-order valence-corrected chi connectivity index (χ4v) is 2.58. The number of hydrogen-bond donors (Lipinski definition) is 1. The Bertz CT molecular complexity index is 507. The van der Waals surface area contributed by atoms with Gasteiger partial charge in [-0.05, 0) is 43.5 Å². The van der Waals surface area contributed by atoms with E-state index < -0.39 is 10.5 Å². The number of carbonyl (C=O) groups is 1. The number of rotatable bonds is 6. The zero-order chi connectivity index (χ0) is 15.3. The molecule has 2 rings (SSSR count). The molecule has 1 heterocycles. The molecule has 1 N–H and O–H groups in total. The Morgan fingerprint density at radius 1 is 1.43 bits per heavy atom. The number of nitrogens with one attached hydrogen (secondary N) is 1. The fraction of sp³-hybridized carbons (Fsp3) is 0.533. The van der Waals surface area contributed by atoms with Crippen LogP contribution in [0.1, 0.15) is 38.2 Å². The third-order valence-electron chi connectivity index (χ3n) is 3.81. The Labute approximate surface area is 123 Å². The molecule has 0 aliphatic carbocycles. The molecule has 1 aromatic carbocycles. The Hall–Kier alpha value is -1.95. The monoisotopic (exact) mass is 292 g/mol. The maximum Gasteiger partial charge on any atom is 0.330 e. The van der Waals surface area contributed by atoms with Gasteiger partial charge in [-0.15, -0.1) is 0 Å². The zero-order valence-electron chi connectivity index (χ0n) is 12.1. The van der Waals surface area contributed by atoms with Gasteiger partial charge >= 0.3 is 5.97 Å². The van der Waals surface area contributed by atoms with Crippen LogP contribution in [-0.4, -0.2) is 24.0 Å². The number of ether oxygens (including phenoxy) is 1. The fourth-order valence-electron chi connectivity index (χ4n) is 2.58. The predicted octanol–water partition coefficient (Wildman–Crippen LogP) is 2.52. The van der Waals surface area contributed by atoms with Crippen molar-refractivity contribution in [2.24, 2.45) is 0 Å². The molecular weight excluding hydrogens is 272 g/mol. The summed E-state index contributed by atoms with van der Waals surface area (Å²) in [6.45, 7) is 3.18. The lowest BCUT2D eigenvalue weighted by atomic mass is 9.88. The number of hydrogen-bond acceptors (Lipinski definition) is 5. The summed E-state index contributed by atoms with van der Waals surface area (Å²) >= 11 is 0. The van der Waals surface area contributed by atoms with Crippen LogP contribution in [0, 0.1) is 10.1 Å². The maximum atomic E-state index is 12.4. The molecule has 0 radical (unpaired) electrons. The average molecular weight is 292 g/mol. The van der Waals surface area contributed by atoms with Gasteiger partial charge in [-0.1, -0.05) is 13.3 Å². The Morgan fingerprint density at radius 3 is 2.67 bits per heavy atom. The first-order chi connectivity index (χ1) is 10.1. The number of carbonyl (C=O) groups excluding carboxylic acids is 1. The second-order valence-electron chi connectivity index (χ2n) is 5.23. The summed E-state index contributed by atoms with van der Waals surface area (Å²) in [5.74, 6) is -0.290. The van der Waals surface area contributed by atoms with Gasteiger partial charge in [0.15, 0.2) is 0 Å². The molecule has 0 bridgehead atoms. The van der Waals surface area contributed by atoms with Crippen molar-refractivity contribution in [2.75, 3.05) is 13.2 Å². The highest BCUT2D eigenvalue weighted by Crippen LogP contribution is 2.33. The summed E-state index contributed by atoms with van der Waals surface area (Å²) in [6.07, 6.45) is 3.32. The minimum absolute atomic E-state index is 0.0197. The van der Waals surface area contributed by atoms with Crippen molar-refractivity contribution >= 4 is 11.7 Å².